The largest absolute Gasteiger partial charge is 0.497 e. The molecule has 0 aliphatic rings. The van der Waals surface area contributed by atoms with Crippen LogP contribution in [-0.2, 0) is 13.0 Å². The molecule has 6 heteroatoms. The zero-order chi connectivity index (χ0) is 14.5. The number of aromatic nitrogens is 2. The molecule has 1 atom stereocenters. The number of methoxy groups -OCH3 is 1. The van der Waals surface area contributed by atoms with Gasteiger partial charge in [0.1, 0.15) is 17.4 Å². The standard InChI is InChI=1S/C14H19FN4O/c1-3-19-7-6-17-14(19)9-13(18-16)11-5-4-10(20-2)8-12(11)15/h4-8,13,18H,3,9,16H2,1-2H3. The molecule has 2 rings (SSSR count). The Bertz CT molecular complexity index is 570. The molecule has 0 fully saturated rings. The molecular formula is C14H19FN4O. The Morgan fingerprint density at radius 3 is 2.90 bits per heavy atom. The van der Waals surface area contributed by atoms with Crippen molar-refractivity contribution >= 4 is 0 Å². The van der Waals surface area contributed by atoms with E-state index in [0.717, 1.165) is 12.4 Å². The zero-order valence-corrected chi connectivity index (χ0v) is 11.6. The van der Waals surface area contributed by atoms with Gasteiger partial charge in [0.05, 0.1) is 13.2 Å². The average Bonchev–Trinajstić information content (AvgIpc) is 2.92. The van der Waals surface area contributed by atoms with E-state index in [0.29, 0.717) is 17.7 Å². The van der Waals surface area contributed by atoms with Gasteiger partial charge >= 0.3 is 0 Å². The number of hydrazine groups is 1. The van der Waals surface area contributed by atoms with Gasteiger partial charge in [-0.15, -0.1) is 0 Å². The monoisotopic (exact) mass is 278 g/mol. The van der Waals surface area contributed by atoms with Crippen LogP contribution in [0.15, 0.2) is 30.6 Å². The highest BCUT2D eigenvalue weighted by Gasteiger charge is 2.17. The Kier molecular flexibility index (Phi) is 4.70. The molecule has 0 amide bonds. The smallest absolute Gasteiger partial charge is 0.131 e. The van der Waals surface area contributed by atoms with Crippen LogP contribution < -0.4 is 16.0 Å². The third-order valence-electron chi connectivity index (χ3n) is 3.31. The van der Waals surface area contributed by atoms with Gasteiger partial charge in [-0.1, -0.05) is 6.07 Å². The van der Waals surface area contributed by atoms with Crippen LogP contribution >= 0.6 is 0 Å². The first-order valence-corrected chi connectivity index (χ1v) is 6.49. The molecule has 2 aromatic rings. The lowest BCUT2D eigenvalue weighted by atomic mass is 10.0. The number of ether oxygens (including phenoxy) is 1. The Balaban J connectivity index is 2.24. The van der Waals surface area contributed by atoms with Crippen molar-refractivity contribution in [3.8, 4) is 5.75 Å². The predicted molar refractivity (Wildman–Crippen MR) is 74.6 cm³/mol. The molecule has 1 heterocycles. The third kappa shape index (κ3) is 2.97. The number of halogens is 1. The lowest BCUT2D eigenvalue weighted by Gasteiger charge is -2.17. The first-order chi connectivity index (χ1) is 9.69. The maximum atomic E-state index is 14.1. The van der Waals surface area contributed by atoms with Gasteiger partial charge in [0.15, 0.2) is 0 Å². The second-order valence-corrected chi connectivity index (χ2v) is 4.44. The van der Waals surface area contributed by atoms with Crippen molar-refractivity contribution in [2.45, 2.75) is 25.9 Å². The van der Waals surface area contributed by atoms with E-state index in [1.807, 2.05) is 17.7 Å². The molecule has 5 nitrogen and oxygen atoms in total. The highest BCUT2D eigenvalue weighted by Crippen LogP contribution is 2.23. The molecule has 20 heavy (non-hydrogen) atoms. The number of hydrogen-bond donors (Lipinski definition) is 2. The number of hydrogen-bond acceptors (Lipinski definition) is 4. The van der Waals surface area contributed by atoms with Crippen LogP contribution in [0.5, 0.6) is 5.75 Å². The summed E-state index contributed by atoms with van der Waals surface area (Å²) in [5.74, 6) is 6.57. The SMILES string of the molecule is CCn1ccnc1CC(NN)c1ccc(OC)cc1F. The normalized spacial score (nSPS) is 12.4. The fourth-order valence-electron chi connectivity index (χ4n) is 2.18. The fourth-order valence-corrected chi connectivity index (χ4v) is 2.18. The molecule has 0 aliphatic carbocycles. The summed E-state index contributed by atoms with van der Waals surface area (Å²) in [5, 5.41) is 0. The highest BCUT2D eigenvalue weighted by atomic mass is 19.1. The molecule has 1 aromatic heterocycles. The van der Waals surface area contributed by atoms with Crippen LogP contribution in [0.1, 0.15) is 24.4 Å². The Labute approximate surface area is 117 Å². The molecule has 0 saturated carbocycles. The number of imidazole rings is 1. The van der Waals surface area contributed by atoms with E-state index in [1.54, 1.807) is 18.3 Å². The average molecular weight is 278 g/mol. The van der Waals surface area contributed by atoms with E-state index < -0.39 is 0 Å². The predicted octanol–water partition coefficient (Wildman–Crippen LogP) is 1.80. The minimum Gasteiger partial charge on any atom is -0.497 e. The van der Waals surface area contributed by atoms with Gasteiger partial charge in [-0.3, -0.25) is 11.3 Å². The van der Waals surface area contributed by atoms with Crippen LogP contribution in [-0.4, -0.2) is 16.7 Å². The summed E-state index contributed by atoms with van der Waals surface area (Å²) in [4.78, 5) is 4.28. The van der Waals surface area contributed by atoms with Crippen LogP contribution in [0.25, 0.3) is 0 Å². The van der Waals surface area contributed by atoms with Gasteiger partial charge in [-0.05, 0) is 13.0 Å². The molecule has 0 aliphatic heterocycles. The van der Waals surface area contributed by atoms with Gasteiger partial charge < -0.3 is 9.30 Å². The van der Waals surface area contributed by atoms with E-state index >= 15 is 0 Å². The van der Waals surface area contributed by atoms with E-state index in [2.05, 4.69) is 10.4 Å². The molecule has 0 saturated heterocycles. The molecular weight excluding hydrogens is 259 g/mol. The number of aryl methyl sites for hydroxylation is 1. The Morgan fingerprint density at radius 1 is 1.50 bits per heavy atom. The molecule has 3 N–H and O–H groups in total. The second kappa shape index (κ2) is 6.49. The Morgan fingerprint density at radius 2 is 2.30 bits per heavy atom. The van der Waals surface area contributed by atoms with Crippen molar-refractivity contribution in [2.24, 2.45) is 5.84 Å². The van der Waals surface area contributed by atoms with Crippen LogP contribution in [0.3, 0.4) is 0 Å². The summed E-state index contributed by atoms with van der Waals surface area (Å²) in [5.41, 5.74) is 3.15. The summed E-state index contributed by atoms with van der Waals surface area (Å²) in [7, 11) is 1.51. The van der Waals surface area contributed by atoms with E-state index in [-0.39, 0.29) is 11.9 Å². The van der Waals surface area contributed by atoms with Crippen LogP contribution in [0, 0.1) is 5.82 Å². The van der Waals surface area contributed by atoms with Crippen molar-refractivity contribution in [3.05, 3.63) is 47.8 Å². The third-order valence-corrected chi connectivity index (χ3v) is 3.31. The fraction of sp³-hybridized carbons (Fsp3) is 0.357. The maximum Gasteiger partial charge on any atom is 0.131 e. The molecule has 1 unspecified atom stereocenters. The summed E-state index contributed by atoms with van der Waals surface area (Å²) < 4.78 is 21.1. The van der Waals surface area contributed by atoms with E-state index in [4.69, 9.17) is 10.6 Å². The minimum atomic E-state index is -0.345. The van der Waals surface area contributed by atoms with E-state index in [1.165, 1.54) is 13.2 Å². The molecule has 0 radical (unpaired) electrons. The molecule has 0 bridgehead atoms. The van der Waals surface area contributed by atoms with Crippen LogP contribution in [0.2, 0.25) is 0 Å². The topological polar surface area (TPSA) is 65.1 Å². The zero-order valence-electron chi connectivity index (χ0n) is 11.6. The highest BCUT2D eigenvalue weighted by molar-refractivity contribution is 5.31. The first-order valence-electron chi connectivity index (χ1n) is 6.49. The molecule has 0 spiro atoms. The molecule has 1 aromatic carbocycles. The Hall–Kier alpha value is -1.92. The quantitative estimate of drug-likeness (QED) is 0.624. The van der Waals surface area contributed by atoms with Crippen LogP contribution in [0.4, 0.5) is 4.39 Å². The first kappa shape index (κ1) is 14.5. The minimum absolute atomic E-state index is 0.339. The van der Waals surface area contributed by atoms with Crippen molar-refractivity contribution in [1.29, 1.82) is 0 Å². The van der Waals surface area contributed by atoms with Gasteiger partial charge in [-0.2, -0.15) is 0 Å². The maximum absolute atomic E-state index is 14.1. The summed E-state index contributed by atoms with van der Waals surface area (Å²) >= 11 is 0. The van der Waals surface area contributed by atoms with Gasteiger partial charge in [-0.25, -0.2) is 9.37 Å². The van der Waals surface area contributed by atoms with Crippen molar-refractivity contribution in [3.63, 3.8) is 0 Å². The number of nitrogens with zero attached hydrogens (tertiary/aromatic N) is 2. The summed E-state index contributed by atoms with van der Waals surface area (Å²) in [6.45, 7) is 2.85. The summed E-state index contributed by atoms with van der Waals surface area (Å²) in [6, 6.07) is 4.41. The van der Waals surface area contributed by atoms with Crippen molar-refractivity contribution in [1.82, 2.24) is 15.0 Å². The summed E-state index contributed by atoms with van der Waals surface area (Å²) in [6.07, 6.45) is 4.14. The number of benzene rings is 1. The van der Waals surface area contributed by atoms with Gasteiger partial charge in [0.2, 0.25) is 0 Å². The number of nitrogens with two attached hydrogens (primary N) is 1. The number of nitrogens with one attached hydrogen (secondary N) is 1. The van der Waals surface area contributed by atoms with Crippen molar-refractivity contribution in [2.75, 3.05) is 7.11 Å². The lowest BCUT2D eigenvalue weighted by molar-refractivity contribution is 0.408. The van der Waals surface area contributed by atoms with Gasteiger partial charge in [0.25, 0.3) is 0 Å². The van der Waals surface area contributed by atoms with Crippen molar-refractivity contribution < 1.29 is 9.13 Å². The van der Waals surface area contributed by atoms with Gasteiger partial charge in [0, 0.05) is 37.0 Å². The molecule has 108 valence electrons. The second-order valence-electron chi connectivity index (χ2n) is 4.44. The van der Waals surface area contributed by atoms with E-state index in [9.17, 15) is 4.39 Å². The number of rotatable bonds is 6. The lowest BCUT2D eigenvalue weighted by Crippen LogP contribution is -2.31.